The molecule has 0 bridgehead atoms. The first kappa shape index (κ1) is 17.6. The molecule has 0 saturated carbocycles. The van der Waals surface area contributed by atoms with Crippen molar-refractivity contribution in [1.82, 2.24) is 9.55 Å². The number of aliphatic hydroxyl groups excluding tert-OH is 3. The maximum atomic E-state index is 12.1. The van der Waals surface area contributed by atoms with Crippen LogP contribution in [0.15, 0.2) is 46.1 Å². The van der Waals surface area contributed by atoms with Gasteiger partial charge in [0.05, 0.1) is 6.61 Å². The van der Waals surface area contributed by atoms with Gasteiger partial charge in [-0.2, -0.15) is 0 Å². The molecule has 25 heavy (non-hydrogen) atoms. The first-order chi connectivity index (χ1) is 11.9. The van der Waals surface area contributed by atoms with Crippen LogP contribution < -0.4 is 11.2 Å². The number of hydrogen-bond donors (Lipinski definition) is 4. The summed E-state index contributed by atoms with van der Waals surface area (Å²) < 4.78 is 6.80. The fourth-order valence-corrected chi connectivity index (χ4v) is 3.12. The van der Waals surface area contributed by atoms with Crippen molar-refractivity contribution in [2.24, 2.45) is 0 Å². The highest BCUT2D eigenvalue weighted by atomic mass is 16.6. The lowest BCUT2D eigenvalue weighted by Crippen LogP contribution is -2.48. The van der Waals surface area contributed by atoms with Gasteiger partial charge in [0.1, 0.15) is 17.8 Å². The van der Waals surface area contributed by atoms with Crippen molar-refractivity contribution in [3.8, 4) is 0 Å². The number of aromatic amines is 1. The van der Waals surface area contributed by atoms with E-state index in [1.807, 2.05) is 30.3 Å². The molecule has 1 fully saturated rings. The van der Waals surface area contributed by atoms with Gasteiger partial charge in [-0.05, 0) is 12.5 Å². The average molecular weight is 348 g/mol. The number of hydrogen-bond acceptors (Lipinski definition) is 6. The number of nitrogens with zero attached hydrogens (tertiary/aromatic N) is 1. The lowest BCUT2D eigenvalue weighted by Gasteiger charge is -2.30. The third-order valence-corrected chi connectivity index (χ3v) is 4.54. The minimum absolute atomic E-state index is 0.149. The molecule has 4 unspecified atom stereocenters. The summed E-state index contributed by atoms with van der Waals surface area (Å²) in [4.78, 5) is 25.7. The highest BCUT2D eigenvalue weighted by Gasteiger charge is 2.54. The van der Waals surface area contributed by atoms with Crippen molar-refractivity contribution in [2.75, 3.05) is 6.61 Å². The molecule has 3 rings (SSSR count). The van der Waals surface area contributed by atoms with Gasteiger partial charge < -0.3 is 20.1 Å². The van der Waals surface area contributed by atoms with Crippen LogP contribution >= 0.6 is 0 Å². The first-order valence-electron chi connectivity index (χ1n) is 7.89. The van der Waals surface area contributed by atoms with Crippen molar-refractivity contribution in [3.63, 3.8) is 0 Å². The molecule has 4 N–H and O–H groups in total. The molecule has 4 atom stereocenters. The van der Waals surface area contributed by atoms with Gasteiger partial charge in [0.2, 0.25) is 0 Å². The van der Waals surface area contributed by atoms with Gasteiger partial charge in [-0.3, -0.25) is 14.3 Å². The topological polar surface area (TPSA) is 125 Å². The molecule has 1 aromatic heterocycles. The molecule has 134 valence electrons. The number of ether oxygens (including phenoxy) is 1. The van der Waals surface area contributed by atoms with Crippen LogP contribution in [-0.4, -0.2) is 49.3 Å². The van der Waals surface area contributed by atoms with Crippen LogP contribution in [0.25, 0.3) is 0 Å². The third-order valence-electron chi connectivity index (χ3n) is 4.54. The maximum Gasteiger partial charge on any atom is 0.330 e. The molecule has 1 aliphatic rings. The Balaban J connectivity index is 1.98. The number of aliphatic hydroxyl groups is 3. The lowest BCUT2D eigenvalue weighted by molar-refractivity contribution is -0.128. The van der Waals surface area contributed by atoms with E-state index in [4.69, 9.17) is 4.74 Å². The molecule has 1 aromatic carbocycles. The van der Waals surface area contributed by atoms with E-state index in [0.717, 1.165) is 10.1 Å². The summed E-state index contributed by atoms with van der Waals surface area (Å²) in [7, 11) is 0. The third kappa shape index (κ3) is 3.05. The molecule has 0 spiro atoms. The lowest BCUT2D eigenvalue weighted by atomic mass is 9.89. The number of H-pyrrole nitrogens is 1. The largest absolute Gasteiger partial charge is 0.393 e. The first-order valence-corrected chi connectivity index (χ1v) is 7.89. The summed E-state index contributed by atoms with van der Waals surface area (Å²) in [6, 6.07) is 9.07. The van der Waals surface area contributed by atoms with Crippen LogP contribution in [0.5, 0.6) is 0 Å². The second-order valence-electron chi connectivity index (χ2n) is 6.31. The standard InChI is InChI=1S/C17H20N2O6/c1-10-8-19(16(24)18-14(10)23)15-12(21)13(22)17(9-20,25-15)7-11-5-3-2-4-6-11/h2-6,8,12-13,15,20-22H,7,9H2,1H3,(H,18,23,24). The van der Waals surface area contributed by atoms with Gasteiger partial charge in [0.15, 0.2) is 6.23 Å². The average Bonchev–Trinajstić information content (AvgIpc) is 2.85. The van der Waals surface area contributed by atoms with E-state index < -0.39 is 41.9 Å². The molecule has 2 aromatic rings. The molecule has 1 saturated heterocycles. The number of benzene rings is 1. The van der Waals surface area contributed by atoms with Crippen LogP contribution in [0.2, 0.25) is 0 Å². The highest BCUT2D eigenvalue weighted by Crippen LogP contribution is 2.38. The van der Waals surface area contributed by atoms with Crippen molar-refractivity contribution in [2.45, 2.75) is 37.4 Å². The fraction of sp³-hybridized carbons (Fsp3) is 0.412. The smallest absolute Gasteiger partial charge is 0.330 e. The molecule has 2 heterocycles. The molecule has 0 amide bonds. The summed E-state index contributed by atoms with van der Waals surface area (Å²) in [6.45, 7) is 0.962. The Morgan fingerprint density at radius 1 is 1.24 bits per heavy atom. The Kier molecular flexibility index (Phi) is 4.61. The molecule has 0 aliphatic carbocycles. The quantitative estimate of drug-likeness (QED) is 0.566. The summed E-state index contributed by atoms with van der Waals surface area (Å²) in [5.74, 6) is 0. The molecule has 8 nitrogen and oxygen atoms in total. The van der Waals surface area contributed by atoms with Gasteiger partial charge >= 0.3 is 5.69 Å². The van der Waals surface area contributed by atoms with Gasteiger partial charge in [-0.1, -0.05) is 30.3 Å². The molecular formula is C17H20N2O6. The Labute approximate surface area is 143 Å². The highest BCUT2D eigenvalue weighted by molar-refractivity contribution is 5.19. The van der Waals surface area contributed by atoms with Crippen molar-refractivity contribution in [1.29, 1.82) is 0 Å². The maximum absolute atomic E-state index is 12.1. The molecular weight excluding hydrogens is 328 g/mol. The van der Waals surface area contributed by atoms with Crippen LogP contribution in [0.3, 0.4) is 0 Å². The van der Waals surface area contributed by atoms with Crippen LogP contribution in [0.4, 0.5) is 0 Å². The molecule has 1 aliphatic heterocycles. The van der Waals surface area contributed by atoms with E-state index in [9.17, 15) is 24.9 Å². The Hall–Kier alpha value is -2.26. The summed E-state index contributed by atoms with van der Waals surface area (Å²) in [5, 5.41) is 30.8. The monoisotopic (exact) mass is 348 g/mol. The number of aromatic nitrogens is 2. The van der Waals surface area contributed by atoms with E-state index in [1.54, 1.807) is 0 Å². The van der Waals surface area contributed by atoms with Gasteiger partial charge in [-0.15, -0.1) is 0 Å². The second-order valence-corrected chi connectivity index (χ2v) is 6.31. The number of nitrogens with one attached hydrogen (secondary N) is 1. The summed E-state index contributed by atoms with van der Waals surface area (Å²) in [6.07, 6.45) is -2.68. The Morgan fingerprint density at radius 3 is 2.56 bits per heavy atom. The summed E-state index contributed by atoms with van der Waals surface area (Å²) in [5.41, 5.74) is -1.70. The summed E-state index contributed by atoms with van der Waals surface area (Å²) >= 11 is 0. The van der Waals surface area contributed by atoms with E-state index in [0.29, 0.717) is 0 Å². The van der Waals surface area contributed by atoms with Crippen molar-refractivity contribution < 1.29 is 20.1 Å². The molecule has 8 heteroatoms. The fourth-order valence-electron chi connectivity index (χ4n) is 3.12. The van der Waals surface area contributed by atoms with Crippen molar-refractivity contribution >= 4 is 0 Å². The number of aryl methyl sites for hydroxylation is 1. The van der Waals surface area contributed by atoms with Crippen LogP contribution in [0.1, 0.15) is 17.4 Å². The predicted octanol–water partition coefficient (Wildman–Crippen LogP) is -0.931. The normalized spacial score (nSPS) is 29.0. The Bertz CT molecular complexity index is 861. The van der Waals surface area contributed by atoms with E-state index in [1.165, 1.54) is 13.1 Å². The van der Waals surface area contributed by atoms with Gasteiger partial charge in [-0.25, -0.2) is 4.79 Å². The minimum Gasteiger partial charge on any atom is -0.393 e. The van der Waals surface area contributed by atoms with Gasteiger partial charge in [0, 0.05) is 18.2 Å². The van der Waals surface area contributed by atoms with E-state index in [2.05, 4.69) is 4.98 Å². The zero-order valence-corrected chi connectivity index (χ0v) is 13.6. The SMILES string of the molecule is Cc1cn(C2OC(CO)(Cc3ccccc3)C(O)C2O)c(=O)[nH]c1=O. The van der Waals surface area contributed by atoms with E-state index >= 15 is 0 Å². The minimum atomic E-state index is -1.46. The predicted molar refractivity (Wildman–Crippen MR) is 88.2 cm³/mol. The van der Waals surface area contributed by atoms with E-state index in [-0.39, 0.29) is 12.0 Å². The molecule has 0 radical (unpaired) electrons. The second kappa shape index (κ2) is 6.57. The van der Waals surface area contributed by atoms with Crippen molar-refractivity contribution in [3.05, 3.63) is 68.5 Å². The number of rotatable bonds is 4. The van der Waals surface area contributed by atoms with Crippen LogP contribution in [0, 0.1) is 6.92 Å². The Morgan fingerprint density at radius 2 is 1.92 bits per heavy atom. The zero-order chi connectivity index (χ0) is 18.2. The van der Waals surface area contributed by atoms with Crippen LogP contribution in [-0.2, 0) is 11.2 Å². The van der Waals surface area contributed by atoms with Gasteiger partial charge in [0.25, 0.3) is 5.56 Å². The zero-order valence-electron chi connectivity index (χ0n) is 13.6.